The molecule has 3 unspecified atom stereocenters. The Hall–Kier alpha value is -2.23. The number of ether oxygens (including phenoxy) is 2. The van der Waals surface area contributed by atoms with Crippen LogP contribution in [0.15, 0.2) is 35.6 Å². The van der Waals surface area contributed by atoms with Gasteiger partial charge >= 0.3 is 0 Å². The molecule has 0 spiro atoms. The van der Waals surface area contributed by atoms with Crippen LogP contribution in [-0.4, -0.2) is 67.2 Å². The molecule has 2 rings (SSSR count). The molecule has 1 fully saturated rings. The molecule has 166 valence electrons. The predicted octanol–water partition coefficient (Wildman–Crippen LogP) is 2.98. The maximum atomic E-state index is 13.5. The van der Waals surface area contributed by atoms with Crippen LogP contribution < -0.4 is 5.32 Å². The number of alkyl halides is 2. The minimum absolute atomic E-state index is 0.0317. The van der Waals surface area contributed by atoms with Crippen LogP contribution in [0.4, 0.5) is 8.78 Å². The van der Waals surface area contributed by atoms with Crippen LogP contribution in [0, 0.1) is 0 Å². The van der Waals surface area contributed by atoms with Gasteiger partial charge in [0.1, 0.15) is 5.69 Å². The Morgan fingerprint density at radius 3 is 2.97 bits per heavy atom. The van der Waals surface area contributed by atoms with E-state index < -0.39 is 17.5 Å². The van der Waals surface area contributed by atoms with Crippen LogP contribution in [0.5, 0.6) is 0 Å². The van der Waals surface area contributed by atoms with Gasteiger partial charge in [0.05, 0.1) is 31.2 Å². The van der Waals surface area contributed by atoms with Crippen molar-refractivity contribution in [3.63, 3.8) is 0 Å². The van der Waals surface area contributed by atoms with E-state index in [0.29, 0.717) is 31.9 Å². The van der Waals surface area contributed by atoms with E-state index in [4.69, 9.17) is 9.47 Å². The van der Waals surface area contributed by atoms with Gasteiger partial charge in [0.15, 0.2) is 0 Å². The third-order valence-electron chi connectivity index (χ3n) is 5.02. The monoisotopic (exact) mass is 424 g/mol. The zero-order chi connectivity index (χ0) is 22.3. The zero-order valence-electron chi connectivity index (χ0n) is 17.9. The number of halogens is 2. The highest BCUT2D eigenvalue weighted by molar-refractivity contribution is 5.94. The Morgan fingerprint density at radius 1 is 1.60 bits per heavy atom. The number of nitrogens with one attached hydrogen (secondary N) is 1. The van der Waals surface area contributed by atoms with Crippen molar-refractivity contribution in [1.82, 2.24) is 15.2 Å². The van der Waals surface area contributed by atoms with Gasteiger partial charge in [-0.05, 0) is 32.4 Å². The van der Waals surface area contributed by atoms with E-state index in [0.717, 1.165) is 13.0 Å². The average Bonchev–Trinajstić information content (AvgIpc) is 2.71. The third-order valence-corrected chi connectivity index (χ3v) is 5.02. The molecule has 30 heavy (non-hydrogen) atoms. The number of pyridine rings is 1. The molecule has 0 saturated carbocycles. The van der Waals surface area contributed by atoms with E-state index in [1.165, 1.54) is 12.3 Å². The molecule has 0 aromatic carbocycles. The number of rotatable bonds is 9. The van der Waals surface area contributed by atoms with Crippen LogP contribution in [0.2, 0.25) is 0 Å². The summed E-state index contributed by atoms with van der Waals surface area (Å²) in [7, 11) is 1.60. The van der Waals surface area contributed by atoms with Crippen molar-refractivity contribution in [1.29, 1.82) is 0 Å². The smallest absolute Gasteiger partial charge is 0.286 e. The Balaban J connectivity index is 2.09. The second-order valence-electron chi connectivity index (χ2n) is 7.27. The summed E-state index contributed by atoms with van der Waals surface area (Å²) in [6.45, 7) is 9.98. The highest BCUT2D eigenvalue weighted by Gasteiger charge is 2.32. The molecule has 1 aromatic heterocycles. The van der Waals surface area contributed by atoms with Crippen LogP contribution in [0.25, 0.3) is 0 Å². The van der Waals surface area contributed by atoms with Gasteiger partial charge in [-0.2, -0.15) is 8.78 Å². The van der Waals surface area contributed by atoms with Crippen molar-refractivity contribution in [2.24, 2.45) is 4.99 Å². The van der Waals surface area contributed by atoms with Crippen molar-refractivity contribution in [2.45, 2.75) is 51.4 Å². The van der Waals surface area contributed by atoms with E-state index >= 15 is 0 Å². The fourth-order valence-corrected chi connectivity index (χ4v) is 3.41. The molecule has 7 nitrogen and oxygen atoms in total. The largest absolute Gasteiger partial charge is 0.378 e. The van der Waals surface area contributed by atoms with Gasteiger partial charge in [0.25, 0.3) is 11.8 Å². The lowest BCUT2D eigenvalue weighted by Crippen LogP contribution is -2.56. The number of methoxy groups -OCH3 is 1. The van der Waals surface area contributed by atoms with Crippen molar-refractivity contribution < 1.29 is 23.0 Å². The third kappa shape index (κ3) is 6.38. The summed E-state index contributed by atoms with van der Waals surface area (Å²) in [5.41, 5.74) is 0.315. The molecular formula is C21H30F2N4O3. The lowest BCUT2D eigenvalue weighted by molar-refractivity contribution is -0.0470. The number of hydrogen-bond acceptors (Lipinski definition) is 6. The molecule has 1 amide bonds. The van der Waals surface area contributed by atoms with E-state index in [-0.39, 0.29) is 23.9 Å². The second-order valence-corrected chi connectivity index (χ2v) is 7.27. The van der Waals surface area contributed by atoms with Gasteiger partial charge in [-0.3, -0.25) is 19.7 Å². The minimum Gasteiger partial charge on any atom is -0.378 e. The van der Waals surface area contributed by atoms with E-state index in [1.54, 1.807) is 13.3 Å². The molecule has 1 N–H and O–H groups in total. The van der Waals surface area contributed by atoms with Crippen molar-refractivity contribution in [3.8, 4) is 0 Å². The van der Waals surface area contributed by atoms with Gasteiger partial charge in [0, 0.05) is 44.6 Å². The van der Waals surface area contributed by atoms with Crippen LogP contribution >= 0.6 is 0 Å². The average molecular weight is 424 g/mol. The Morgan fingerprint density at radius 2 is 2.33 bits per heavy atom. The lowest BCUT2D eigenvalue weighted by atomic mass is 10.0. The summed E-state index contributed by atoms with van der Waals surface area (Å²) in [6, 6.07) is 2.50. The molecule has 9 heteroatoms. The first kappa shape index (κ1) is 24.0. The summed E-state index contributed by atoms with van der Waals surface area (Å²) in [6.07, 6.45) is 2.84. The molecule has 0 bridgehead atoms. The standard InChI is InChI=1S/C21H30F2N4O3/c1-6-24-14(2)18(29-5)12-17-13-30-10-9-27(17)15(3)26-20(28)16-7-8-25-19(11-16)21(4,22)23/h6-8,11,15,17-18H,2,9-10,12-13H2,1,3-5H3,(H,26,28). The van der Waals surface area contributed by atoms with E-state index in [9.17, 15) is 13.6 Å². The van der Waals surface area contributed by atoms with Gasteiger partial charge in [-0.15, -0.1) is 0 Å². The first-order valence-corrected chi connectivity index (χ1v) is 9.86. The highest BCUT2D eigenvalue weighted by Crippen LogP contribution is 2.25. The van der Waals surface area contributed by atoms with Gasteiger partial charge in [0.2, 0.25) is 0 Å². The SMILES string of the molecule is C=C(N=CC)C(CC1COCCN1C(C)NC(=O)c1ccnc(C(C)(F)F)c1)OC. The van der Waals surface area contributed by atoms with Gasteiger partial charge in [-0.1, -0.05) is 6.58 Å². The summed E-state index contributed by atoms with van der Waals surface area (Å²) in [5.74, 6) is -3.56. The van der Waals surface area contributed by atoms with Gasteiger partial charge < -0.3 is 14.8 Å². The number of carbonyl (C=O) groups excluding carboxylic acids is 1. The Kier molecular flexibility index (Phi) is 8.57. The van der Waals surface area contributed by atoms with Gasteiger partial charge in [-0.25, -0.2) is 0 Å². The molecule has 0 radical (unpaired) electrons. The number of amides is 1. The van der Waals surface area contributed by atoms with E-state index in [1.807, 2.05) is 13.8 Å². The molecule has 0 aliphatic carbocycles. The molecular weight excluding hydrogens is 394 g/mol. The first-order chi connectivity index (χ1) is 14.2. The van der Waals surface area contributed by atoms with Crippen molar-refractivity contribution in [3.05, 3.63) is 41.9 Å². The number of aliphatic imine (C=N–C) groups is 1. The van der Waals surface area contributed by atoms with Crippen LogP contribution in [-0.2, 0) is 15.4 Å². The van der Waals surface area contributed by atoms with E-state index in [2.05, 4.69) is 26.8 Å². The van der Waals surface area contributed by atoms with Crippen molar-refractivity contribution in [2.75, 3.05) is 26.9 Å². The predicted molar refractivity (Wildman–Crippen MR) is 111 cm³/mol. The number of aromatic nitrogens is 1. The molecule has 1 aliphatic rings. The highest BCUT2D eigenvalue weighted by atomic mass is 19.3. The Bertz CT molecular complexity index is 767. The first-order valence-electron chi connectivity index (χ1n) is 9.86. The Labute approximate surface area is 176 Å². The summed E-state index contributed by atoms with van der Waals surface area (Å²) >= 11 is 0. The van der Waals surface area contributed by atoms with Crippen LogP contribution in [0.3, 0.4) is 0 Å². The number of hydrogen-bond donors (Lipinski definition) is 1. The summed E-state index contributed by atoms with van der Waals surface area (Å²) < 4.78 is 38.2. The fraction of sp³-hybridized carbons (Fsp3) is 0.571. The molecule has 3 atom stereocenters. The summed E-state index contributed by atoms with van der Waals surface area (Å²) in [5, 5.41) is 2.89. The molecule has 2 heterocycles. The minimum atomic E-state index is -3.12. The zero-order valence-corrected chi connectivity index (χ0v) is 17.9. The maximum absolute atomic E-state index is 13.5. The number of morpholine rings is 1. The number of carbonyl (C=O) groups is 1. The maximum Gasteiger partial charge on any atom is 0.286 e. The molecule has 1 aromatic rings. The fourth-order valence-electron chi connectivity index (χ4n) is 3.41. The number of nitrogens with zero attached hydrogens (tertiary/aromatic N) is 3. The lowest BCUT2D eigenvalue weighted by Gasteiger charge is -2.41. The quantitative estimate of drug-likeness (QED) is 0.617. The van der Waals surface area contributed by atoms with Crippen molar-refractivity contribution >= 4 is 12.1 Å². The summed E-state index contributed by atoms with van der Waals surface area (Å²) in [4.78, 5) is 22.6. The molecule has 1 saturated heterocycles. The normalized spacial score (nSPS) is 20.1. The topological polar surface area (TPSA) is 76.0 Å². The van der Waals surface area contributed by atoms with Crippen LogP contribution in [0.1, 0.15) is 43.2 Å². The molecule has 1 aliphatic heterocycles. The second kappa shape index (κ2) is 10.7.